The summed E-state index contributed by atoms with van der Waals surface area (Å²) >= 11 is 1.62. The normalized spacial score (nSPS) is 11.0. The molecule has 0 aromatic carbocycles. The van der Waals surface area contributed by atoms with E-state index in [-0.39, 0.29) is 0 Å². The standard InChI is InChI=1S/C10H17N7S/c1-3-11-4-5-17-10(13-14-15-17)18-7-9-6-12-8-16(9)2/h6,8,11H,3-5,7H2,1-2H3. The van der Waals surface area contributed by atoms with Crippen molar-refractivity contribution < 1.29 is 0 Å². The summed E-state index contributed by atoms with van der Waals surface area (Å²) in [5, 5.41) is 15.8. The third-order valence-corrected chi connectivity index (χ3v) is 3.51. The number of nitrogens with one attached hydrogen (secondary N) is 1. The van der Waals surface area contributed by atoms with Gasteiger partial charge in [0.25, 0.3) is 0 Å². The monoisotopic (exact) mass is 267 g/mol. The van der Waals surface area contributed by atoms with Gasteiger partial charge in [-0.15, -0.1) is 5.10 Å². The van der Waals surface area contributed by atoms with Crippen LogP contribution in [0.25, 0.3) is 0 Å². The van der Waals surface area contributed by atoms with Gasteiger partial charge >= 0.3 is 0 Å². The highest BCUT2D eigenvalue weighted by Crippen LogP contribution is 2.18. The zero-order valence-corrected chi connectivity index (χ0v) is 11.4. The highest BCUT2D eigenvalue weighted by Gasteiger charge is 2.08. The lowest BCUT2D eigenvalue weighted by atomic mass is 10.5. The molecule has 0 aliphatic heterocycles. The number of aryl methyl sites for hydroxylation is 1. The van der Waals surface area contributed by atoms with E-state index in [9.17, 15) is 0 Å². The first-order chi connectivity index (χ1) is 8.81. The molecule has 0 aliphatic carbocycles. The molecular weight excluding hydrogens is 250 g/mol. The maximum absolute atomic E-state index is 4.09. The van der Waals surface area contributed by atoms with Crippen LogP contribution in [0, 0.1) is 0 Å². The van der Waals surface area contributed by atoms with Gasteiger partial charge in [0.1, 0.15) is 0 Å². The lowest BCUT2D eigenvalue weighted by Gasteiger charge is -2.04. The van der Waals surface area contributed by atoms with Crippen LogP contribution in [0.1, 0.15) is 12.6 Å². The number of aromatic nitrogens is 6. The summed E-state index contributed by atoms with van der Waals surface area (Å²) in [5.74, 6) is 0.818. The Morgan fingerprint density at radius 3 is 3.06 bits per heavy atom. The molecule has 2 aromatic rings. The van der Waals surface area contributed by atoms with Gasteiger partial charge < -0.3 is 9.88 Å². The first kappa shape index (κ1) is 13.0. The Morgan fingerprint density at radius 1 is 1.44 bits per heavy atom. The van der Waals surface area contributed by atoms with E-state index in [0.29, 0.717) is 0 Å². The van der Waals surface area contributed by atoms with E-state index in [1.165, 1.54) is 0 Å². The van der Waals surface area contributed by atoms with Crippen molar-refractivity contribution in [2.45, 2.75) is 24.4 Å². The van der Waals surface area contributed by atoms with Crippen LogP contribution >= 0.6 is 11.8 Å². The van der Waals surface area contributed by atoms with Crippen LogP contribution in [-0.2, 0) is 19.3 Å². The largest absolute Gasteiger partial charge is 0.337 e. The molecule has 0 bridgehead atoms. The molecule has 0 saturated carbocycles. The van der Waals surface area contributed by atoms with Gasteiger partial charge in [-0.2, -0.15) is 0 Å². The maximum atomic E-state index is 4.09. The first-order valence-corrected chi connectivity index (χ1v) is 6.84. The van der Waals surface area contributed by atoms with Gasteiger partial charge in [-0.3, -0.25) is 0 Å². The number of rotatable bonds is 7. The minimum atomic E-state index is 0.786. The fourth-order valence-electron chi connectivity index (χ4n) is 1.46. The summed E-state index contributed by atoms with van der Waals surface area (Å²) in [7, 11) is 1.98. The molecular formula is C10H17N7S. The second-order valence-electron chi connectivity index (χ2n) is 3.82. The lowest BCUT2D eigenvalue weighted by molar-refractivity contribution is 0.517. The smallest absolute Gasteiger partial charge is 0.209 e. The van der Waals surface area contributed by atoms with Crippen molar-refractivity contribution in [3.05, 3.63) is 18.2 Å². The van der Waals surface area contributed by atoms with Gasteiger partial charge in [-0.1, -0.05) is 18.7 Å². The number of nitrogens with zero attached hydrogens (tertiary/aromatic N) is 6. The first-order valence-electron chi connectivity index (χ1n) is 5.86. The Labute approximate surface area is 110 Å². The quantitative estimate of drug-likeness (QED) is 0.575. The molecule has 0 saturated heterocycles. The summed E-state index contributed by atoms with van der Waals surface area (Å²) in [4.78, 5) is 4.09. The number of imidazole rings is 1. The van der Waals surface area contributed by atoms with Crippen LogP contribution in [-0.4, -0.2) is 42.8 Å². The molecule has 7 nitrogen and oxygen atoms in total. The molecule has 0 unspecified atom stereocenters. The second-order valence-corrected chi connectivity index (χ2v) is 4.77. The SMILES string of the molecule is CCNCCn1nnnc1SCc1cncn1C. The molecule has 2 aromatic heterocycles. The summed E-state index contributed by atoms with van der Waals surface area (Å²) in [6.45, 7) is 4.70. The predicted octanol–water partition coefficient (Wildman–Crippen LogP) is 0.308. The molecule has 1 N–H and O–H groups in total. The van der Waals surface area contributed by atoms with Crippen molar-refractivity contribution >= 4 is 11.8 Å². The van der Waals surface area contributed by atoms with Crippen LogP contribution < -0.4 is 5.32 Å². The molecule has 98 valence electrons. The van der Waals surface area contributed by atoms with Gasteiger partial charge in [-0.25, -0.2) is 9.67 Å². The molecule has 0 aliphatic rings. The molecule has 0 spiro atoms. The zero-order valence-electron chi connectivity index (χ0n) is 10.6. The van der Waals surface area contributed by atoms with Crippen LogP contribution in [0.5, 0.6) is 0 Å². The summed E-state index contributed by atoms with van der Waals surface area (Å²) in [5.41, 5.74) is 1.15. The average Bonchev–Trinajstić information content (AvgIpc) is 2.96. The van der Waals surface area contributed by atoms with Gasteiger partial charge in [-0.05, 0) is 17.0 Å². The highest BCUT2D eigenvalue weighted by molar-refractivity contribution is 7.98. The third-order valence-electron chi connectivity index (χ3n) is 2.52. The predicted molar refractivity (Wildman–Crippen MR) is 69.1 cm³/mol. The van der Waals surface area contributed by atoms with E-state index in [0.717, 1.165) is 36.2 Å². The second kappa shape index (κ2) is 6.50. The van der Waals surface area contributed by atoms with E-state index >= 15 is 0 Å². The van der Waals surface area contributed by atoms with Crippen LogP contribution in [0.4, 0.5) is 0 Å². The van der Waals surface area contributed by atoms with Crippen molar-refractivity contribution in [3.63, 3.8) is 0 Å². The molecule has 18 heavy (non-hydrogen) atoms. The number of likely N-dealkylation sites (N-methyl/N-ethyl adjacent to an activating group) is 1. The van der Waals surface area contributed by atoms with Gasteiger partial charge in [0, 0.05) is 31.2 Å². The molecule has 2 heterocycles. The molecule has 0 amide bonds. The minimum Gasteiger partial charge on any atom is -0.337 e. The van der Waals surface area contributed by atoms with Gasteiger partial charge in [0.05, 0.1) is 12.9 Å². The molecule has 2 rings (SSSR count). The number of thioether (sulfide) groups is 1. The molecule has 0 fully saturated rings. The van der Waals surface area contributed by atoms with Crippen molar-refractivity contribution in [2.24, 2.45) is 7.05 Å². The number of hydrogen-bond donors (Lipinski definition) is 1. The fourth-order valence-corrected chi connectivity index (χ4v) is 2.39. The summed E-state index contributed by atoms with van der Waals surface area (Å²) in [6.07, 6.45) is 3.66. The van der Waals surface area contributed by atoms with E-state index in [2.05, 4.69) is 32.7 Å². The van der Waals surface area contributed by atoms with Gasteiger partial charge in [0.2, 0.25) is 5.16 Å². The third kappa shape index (κ3) is 3.30. The zero-order chi connectivity index (χ0) is 12.8. The highest BCUT2D eigenvalue weighted by atomic mass is 32.2. The summed E-state index contributed by atoms with van der Waals surface area (Å²) < 4.78 is 3.82. The van der Waals surface area contributed by atoms with E-state index in [1.807, 2.05) is 22.5 Å². The fraction of sp³-hybridized carbons (Fsp3) is 0.600. The number of hydrogen-bond acceptors (Lipinski definition) is 6. The van der Waals surface area contributed by atoms with Crippen molar-refractivity contribution in [1.82, 2.24) is 35.1 Å². The molecule has 0 radical (unpaired) electrons. The van der Waals surface area contributed by atoms with Crippen LogP contribution in [0.3, 0.4) is 0 Å². The van der Waals surface area contributed by atoms with E-state index in [4.69, 9.17) is 0 Å². The minimum absolute atomic E-state index is 0.786. The summed E-state index contributed by atoms with van der Waals surface area (Å²) in [6, 6.07) is 0. The van der Waals surface area contributed by atoms with Crippen LogP contribution in [0.2, 0.25) is 0 Å². The van der Waals surface area contributed by atoms with Crippen molar-refractivity contribution in [2.75, 3.05) is 13.1 Å². The lowest BCUT2D eigenvalue weighted by Crippen LogP contribution is -2.20. The Hall–Kier alpha value is -1.41. The molecule has 8 heteroatoms. The van der Waals surface area contributed by atoms with Crippen LogP contribution in [0.15, 0.2) is 17.7 Å². The molecule has 0 atom stereocenters. The van der Waals surface area contributed by atoms with Crippen molar-refractivity contribution in [3.8, 4) is 0 Å². The Morgan fingerprint density at radius 2 is 2.33 bits per heavy atom. The number of tetrazole rings is 1. The average molecular weight is 267 g/mol. The topological polar surface area (TPSA) is 73.5 Å². The van der Waals surface area contributed by atoms with E-state index < -0.39 is 0 Å². The Kier molecular flexibility index (Phi) is 4.71. The van der Waals surface area contributed by atoms with E-state index in [1.54, 1.807) is 18.1 Å². The Bertz CT molecular complexity index is 478. The van der Waals surface area contributed by atoms with Gasteiger partial charge in [0.15, 0.2) is 0 Å². The maximum Gasteiger partial charge on any atom is 0.209 e. The van der Waals surface area contributed by atoms with Crippen molar-refractivity contribution in [1.29, 1.82) is 0 Å². The Balaban J connectivity index is 1.89.